The molecule has 0 amide bonds. The fourth-order valence-corrected chi connectivity index (χ4v) is 1.89. The van der Waals surface area contributed by atoms with Crippen molar-refractivity contribution < 1.29 is 9.47 Å². The molecule has 0 unspecified atom stereocenters. The van der Waals surface area contributed by atoms with Gasteiger partial charge in [0.2, 0.25) is 0 Å². The van der Waals surface area contributed by atoms with E-state index in [9.17, 15) is 0 Å². The van der Waals surface area contributed by atoms with Crippen LogP contribution in [0.2, 0.25) is 0 Å². The summed E-state index contributed by atoms with van der Waals surface area (Å²) in [6.07, 6.45) is 0. The molecule has 0 fully saturated rings. The first kappa shape index (κ1) is 15.8. The quantitative estimate of drug-likeness (QED) is 0.745. The molecule has 4 nitrogen and oxygen atoms in total. The molecule has 0 saturated heterocycles. The number of nitrogens with two attached hydrogens (primary N) is 1. The Morgan fingerprint density at radius 1 is 1.05 bits per heavy atom. The molecule has 0 atom stereocenters. The minimum atomic E-state index is 0.514. The van der Waals surface area contributed by atoms with Crippen molar-refractivity contribution in [1.82, 2.24) is 4.90 Å². The molecule has 0 bridgehead atoms. The lowest BCUT2D eigenvalue weighted by Gasteiger charge is -2.19. The number of hydrogen-bond donors (Lipinski definition) is 1. The van der Waals surface area contributed by atoms with Gasteiger partial charge in [-0.05, 0) is 37.7 Å². The summed E-state index contributed by atoms with van der Waals surface area (Å²) in [7, 11) is 0. The molecule has 0 aromatic heterocycles. The Labute approximate surface area is 116 Å². The second-order valence-electron chi connectivity index (χ2n) is 4.29. The zero-order valence-corrected chi connectivity index (χ0v) is 12.3. The van der Waals surface area contributed by atoms with Gasteiger partial charge < -0.3 is 20.1 Å². The van der Waals surface area contributed by atoms with E-state index in [1.165, 1.54) is 0 Å². The van der Waals surface area contributed by atoms with E-state index in [2.05, 4.69) is 18.7 Å². The van der Waals surface area contributed by atoms with E-state index in [1.807, 2.05) is 25.1 Å². The molecule has 1 aromatic carbocycles. The highest BCUT2D eigenvalue weighted by atomic mass is 16.5. The number of hydrogen-bond acceptors (Lipinski definition) is 4. The first-order valence-electron chi connectivity index (χ1n) is 7.06. The second-order valence-corrected chi connectivity index (χ2v) is 4.29. The minimum Gasteiger partial charge on any atom is -0.490 e. The van der Waals surface area contributed by atoms with Crippen LogP contribution in [-0.2, 0) is 6.54 Å². The summed E-state index contributed by atoms with van der Waals surface area (Å²) in [6.45, 7) is 11.1. The summed E-state index contributed by atoms with van der Waals surface area (Å²) in [5.41, 5.74) is 6.69. The summed E-state index contributed by atoms with van der Waals surface area (Å²) in [6, 6.07) is 5.88. The van der Waals surface area contributed by atoms with Crippen molar-refractivity contribution in [1.29, 1.82) is 0 Å². The zero-order chi connectivity index (χ0) is 14.1. The Morgan fingerprint density at radius 2 is 1.79 bits per heavy atom. The Hall–Kier alpha value is -1.26. The fourth-order valence-electron chi connectivity index (χ4n) is 1.89. The smallest absolute Gasteiger partial charge is 0.161 e. The highest BCUT2D eigenvalue weighted by Gasteiger charge is 2.07. The van der Waals surface area contributed by atoms with Crippen LogP contribution in [0.5, 0.6) is 11.5 Å². The third kappa shape index (κ3) is 5.09. The van der Waals surface area contributed by atoms with Gasteiger partial charge in [-0.2, -0.15) is 0 Å². The first-order valence-corrected chi connectivity index (χ1v) is 7.06. The lowest BCUT2D eigenvalue weighted by atomic mass is 10.2. The minimum absolute atomic E-state index is 0.514. The van der Waals surface area contributed by atoms with Crippen molar-refractivity contribution in [2.24, 2.45) is 5.73 Å². The highest BCUT2D eigenvalue weighted by Crippen LogP contribution is 2.28. The van der Waals surface area contributed by atoms with Gasteiger partial charge in [0.15, 0.2) is 11.5 Å². The average molecular weight is 266 g/mol. The summed E-state index contributed by atoms with van der Waals surface area (Å²) in [5, 5.41) is 0. The lowest BCUT2D eigenvalue weighted by Crippen LogP contribution is -2.28. The van der Waals surface area contributed by atoms with Crippen LogP contribution in [0.15, 0.2) is 18.2 Å². The van der Waals surface area contributed by atoms with Crippen LogP contribution in [0, 0.1) is 0 Å². The van der Waals surface area contributed by atoms with Gasteiger partial charge in [-0.1, -0.05) is 19.9 Å². The van der Waals surface area contributed by atoms with Gasteiger partial charge in [-0.3, -0.25) is 0 Å². The van der Waals surface area contributed by atoms with E-state index >= 15 is 0 Å². The Morgan fingerprint density at radius 3 is 2.37 bits per heavy atom. The molecular formula is C15H26N2O2. The third-order valence-corrected chi connectivity index (χ3v) is 3.10. The van der Waals surface area contributed by atoms with E-state index in [-0.39, 0.29) is 0 Å². The van der Waals surface area contributed by atoms with Gasteiger partial charge in [0.1, 0.15) is 6.61 Å². The Kier molecular flexibility index (Phi) is 7.30. The molecule has 108 valence electrons. The van der Waals surface area contributed by atoms with Crippen LogP contribution >= 0.6 is 0 Å². The average Bonchev–Trinajstić information content (AvgIpc) is 2.45. The topological polar surface area (TPSA) is 47.7 Å². The molecule has 19 heavy (non-hydrogen) atoms. The highest BCUT2D eigenvalue weighted by molar-refractivity contribution is 5.43. The van der Waals surface area contributed by atoms with Gasteiger partial charge in [0, 0.05) is 13.1 Å². The molecular weight excluding hydrogens is 240 g/mol. The number of ether oxygens (including phenoxy) is 2. The van der Waals surface area contributed by atoms with E-state index < -0.39 is 0 Å². The van der Waals surface area contributed by atoms with Crippen LogP contribution in [0.1, 0.15) is 26.3 Å². The predicted octanol–water partition coefficient (Wildman–Crippen LogP) is 2.26. The third-order valence-electron chi connectivity index (χ3n) is 3.10. The molecule has 0 aliphatic carbocycles. The molecule has 0 aliphatic heterocycles. The second kappa shape index (κ2) is 8.77. The van der Waals surface area contributed by atoms with Crippen molar-refractivity contribution in [3.63, 3.8) is 0 Å². The van der Waals surface area contributed by atoms with Crippen LogP contribution in [0.3, 0.4) is 0 Å². The molecule has 0 spiro atoms. The molecule has 4 heteroatoms. The summed E-state index contributed by atoms with van der Waals surface area (Å²) in [5.74, 6) is 1.58. The SMILES string of the molecule is CCOc1cc(CN)ccc1OCCN(CC)CC. The molecule has 1 aromatic rings. The van der Waals surface area contributed by atoms with Crippen molar-refractivity contribution in [3.8, 4) is 11.5 Å². The maximum Gasteiger partial charge on any atom is 0.161 e. The Balaban J connectivity index is 2.61. The largest absolute Gasteiger partial charge is 0.490 e. The van der Waals surface area contributed by atoms with Crippen molar-refractivity contribution in [2.45, 2.75) is 27.3 Å². The van der Waals surface area contributed by atoms with E-state index in [1.54, 1.807) is 0 Å². The van der Waals surface area contributed by atoms with E-state index in [4.69, 9.17) is 15.2 Å². The fraction of sp³-hybridized carbons (Fsp3) is 0.600. The molecule has 0 aliphatic rings. The van der Waals surface area contributed by atoms with Crippen LogP contribution in [0.25, 0.3) is 0 Å². The summed E-state index contributed by atoms with van der Waals surface area (Å²) in [4.78, 5) is 2.33. The van der Waals surface area contributed by atoms with Gasteiger partial charge >= 0.3 is 0 Å². The van der Waals surface area contributed by atoms with Crippen molar-refractivity contribution in [3.05, 3.63) is 23.8 Å². The number of benzene rings is 1. The van der Waals surface area contributed by atoms with Gasteiger partial charge in [0.05, 0.1) is 6.61 Å². The van der Waals surface area contributed by atoms with Crippen LogP contribution in [0.4, 0.5) is 0 Å². The lowest BCUT2D eigenvalue weighted by molar-refractivity contribution is 0.214. The van der Waals surface area contributed by atoms with Crippen molar-refractivity contribution >= 4 is 0 Å². The summed E-state index contributed by atoms with van der Waals surface area (Å²) >= 11 is 0. The molecule has 0 saturated carbocycles. The van der Waals surface area contributed by atoms with E-state index in [0.29, 0.717) is 19.8 Å². The number of nitrogens with zero attached hydrogens (tertiary/aromatic N) is 1. The monoisotopic (exact) mass is 266 g/mol. The van der Waals surface area contributed by atoms with Gasteiger partial charge in [0.25, 0.3) is 0 Å². The van der Waals surface area contributed by atoms with Gasteiger partial charge in [-0.15, -0.1) is 0 Å². The van der Waals surface area contributed by atoms with E-state index in [0.717, 1.165) is 36.7 Å². The number of rotatable bonds is 9. The normalized spacial score (nSPS) is 10.8. The molecule has 2 N–H and O–H groups in total. The molecule has 1 rings (SSSR count). The maximum atomic E-state index is 5.82. The van der Waals surface area contributed by atoms with Crippen molar-refractivity contribution in [2.75, 3.05) is 32.8 Å². The standard InChI is InChI=1S/C15H26N2O2/c1-4-17(5-2)9-10-19-14-8-7-13(12-16)11-15(14)18-6-3/h7-8,11H,4-6,9-10,12,16H2,1-3H3. The number of likely N-dealkylation sites (N-methyl/N-ethyl adjacent to an activating group) is 1. The Bertz CT molecular complexity index is 365. The molecule has 0 radical (unpaired) electrons. The summed E-state index contributed by atoms with van der Waals surface area (Å²) < 4.78 is 11.4. The first-order chi connectivity index (χ1) is 9.24. The van der Waals surface area contributed by atoms with Crippen LogP contribution in [-0.4, -0.2) is 37.7 Å². The predicted molar refractivity (Wildman–Crippen MR) is 78.8 cm³/mol. The van der Waals surface area contributed by atoms with Crippen LogP contribution < -0.4 is 15.2 Å². The molecule has 0 heterocycles. The maximum absolute atomic E-state index is 5.82. The zero-order valence-electron chi connectivity index (χ0n) is 12.3. The van der Waals surface area contributed by atoms with Gasteiger partial charge in [-0.25, -0.2) is 0 Å².